The van der Waals surface area contributed by atoms with Crippen molar-refractivity contribution in [1.82, 2.24) is 9.78 Å². The Kier molecular flexibility index (Phi) is 4.24. The summed E-state index contributed by atoms with van der Waals surface area (Å²) >= 11 is 0. The molecule has 1 heterocycles. The summed E-state index contributed by atoms with van der Waals surface area (Å²) in [5.74, 6) is -0.379. The van der Waals surface area contributed by atoms with Gasteiger partial charge >= 0.3 is 5.97 Å². The van der Waals surface area contributed by atoms with Crippen LogP contribution in [0.15, 0.2) is 30.6 Å². The normalized spacial score (nSPS) is 10.3. The Bertz CT molecular complexity index is 607. The number of nitrogen functional groups attached to an aromatic ring is 1. The molecule has 0 saturated carbocycles. The summed E-state index contributed by atoms with van der Waals surface area (Å²) in [6.45, 7) is 3.38. The molecule has 2 rings (SSSR count). The van der Waals surface area contributed by atoms with Gasteiger partial charge in [-0.3, -0.25) is 4.68 Å². The van der Waals surface area contributed by atoms with Crippen molar-refractivity contribution in [1.29, 1.82) is 0 Å². The van der Waals surface area contributed by atoms with E-state index in [4.69, 9.17) is 5.73 Å². The molecule has 0 fully saturated rings. The van der Waals surface area contributed by atoms with Gasteiger partial charge in [0, 0.05) is 12.7 Å². The van der Waals surface area contributed by atoms with E-state index in [1.807, 2.05) is 24.0 Å². The second-order valence-corrected chi connectivity index (χ2v) is 4.50. The van der Waals surface area contributed by atoms with Crippen LogP contribution in [0.3, 0.4) is 0 Å². The molecule has 0 aliphatic rings. The van der Waals surface area contributed by atoms with Crippen molar-refractivity contribution in [2.24, 2.45) is 0 Å². The maximum Gasteiger partial charge on any atom is 0.337 e. The molecule has 106 valence electrons. The molecule has 0 aliphatic heterocycles. The Balaban J connectivity index is 1.99. The van der Waals surface area contributed by atoms with Gasteiger partial charge in [-0.25, -0.2) is 4.79 Å². The fourth-order valence-corrected chi connectivity index (χ4v) is 1.85. The summed E-state index contributed by atoms with van der Waals surface area (Å²) in [6.07, 6.45) is 3.78. The Morgan fingerprint density at radius 3 is 2.95 bits per heavy atom. The summed E-state index contributed by atoms with van der Waals surface area (Å²) < 4.78 is 6.54. The van der Waals surface area contributed by atoms with E-state index in [9.17, 15) is 4.79 Å². The fourth-order valence-electron chi connectivity index (χ4n) is 1.85. The second kappa shape index (κ2) is 6.10. The molecular weight excluding hydrogens is 256 g/mol. The van der Waals surface area contributed by atoms with Crippen LogP contribution < -0.4 is 11.1 Å². The number of aromatic nitrogens is 2. The first kappa shape index (κ1) is 13.9. The van der Waals surface area contributed by atoms with Gasteiger partial charge in [0.2, 0.25) is 0 Å². The number of benzene rings is 1. The highest BCUT2D eigenvalue weighted by Gasteiger charge is 2.08. The Hall–Kier alpha value is -2.50. The van der Waals surface area contributed by atoms with E-state index >= 15 is 0 Å². The van der Waals surface area contributed by atoms with Gasteiger partial charge in [0.1, 0.15) is 0 Å². The van der Waals surface area contributed by atoms with Gasteiger partial charge in [0.25, 0.3) is 0 Å². The molecule has 6 nitrogen and oxygen atoms in total. The van der Waals surface area contributed by atoms with Crippen molar-refractivity contribution in [3.8, 4) is 0 Å². The van der Waals surface area contributed by atoms with Crippen LogP contribution in [-0.2, 0) is 11.3 Å². The van der Waals surface area contributed by atoms with Crippen LogP contribution >= 0.6 is 0 Å². The maximum absolute atomic E-state index is 11.5. The summed E-state index contributed by atoms with van der Waals surface area (Å²) in [5, 5.41) is 7.40. The molecule has 1 aromatic carbocycles. The zero-order valence-electron chi connectivity index (χ0n) is 11.6. The molecule has 0 radical (unpaired) electrons. The lowest BCUT2D eigenvalue weighted by atomic mass is 10.1. The van der Waals surface area contributed by atoms with E-state index < -0.39 is 0 Å². The Labute approximate surface area is 117 Å². The molecule has 6 heteroatoms. The average Bonchev–Trinajstić information content (AvgIpc) is 2.85. The second-order valence-electron chi connectivity index (χ2n) is 4.50. The number of nitrogens with two attached hydrogens (primary N) is 1. The number of methoxy groups -OCH3 is 1. The Morgan fingerprint density at radius 1 is 1.50 bits per heavy atom. The quantitative estimate of drug-likeness (QED) is 0.640. The highest BCUT2D eigenvalue weighted by atomic mass is 16.5. The van der Waals surface area contributed by atoms with Crippen molar-refractivity contribution >= 4 is 17.3 Å². The molecule has 0 amide bonds. The zero-order valence-corrected chi connectivity index (χ0v) is 11.6. The first-order chi connectivity index (χ1) is 9.60. The highest BCUT2D eigenvalue weighted by molar-refractivity contribution is 5.91. The number of hydrogen-bond acceptors (Lipinski definition) is 5. The molecule has 0 bridgehead atoms. The third-order valence-electron chi connectivity index (χ3n) is 2.89. The van der Waals surface area contributed by atoms with Crippen molar-refractivity contribution in [3.63, 3.8) is 0 Å². The number of carbonyl (C=O) groups is 1. The van der Waals surface area contributed by atoms with Crippen molar-refractivity contribution in [2.45, 2.75) is 13.5 Å². The van der Waals surface area contributed by atoms with Gasteiger partial charge in [0.05, 0.1) is 36.8 Å². The molecule has 2 aromatic rings. The third kappa shape index (κ3) is 3.28. The van der Waals surface area contributed by atoms with Gasteiger partial charge < -0.3 is 15.8 Å². The number of aryl methyl sites for hydroxylation is 1. The first-order valence-electron chi connectivity index (χ1n) is 6.31. The molecule has 0 aliphatic carbocycles. The minimum absolute atomic E-state index is 0.379. The SMILES string of the molecule is COC(=O)c1ccc(N)c(NCCn2cc(C)cn2)c1. The number of anilines is 2. The van der Waals surface area contributed by atoms with Gasteiger partial charge in [-0.1, -0.05) is 0 Å². The average molecular weight is 274 g/mol. The summed E-state index contributed by atoms with van der Waals surface area (Å²) in [4.78, 5) is 11.5. The summed E-state index contributed by atoms with van der Waals surface area (Å²) in [7, 11) is 1.35. The minimum Gasteiger partial charge on any atom is -0.465 e. The predicted octanol–water partition coefficient (Wildman–Crippen LogP) is 1.67. The number of ether oxygens (including phenoxy) is 1. The molecule has 0 saturated heterocycles. The fraction of sp³-hybridized carbons (Fsp3) is 0.286. The molecule has 1 aromatic heterocycles. The largest absolute Gasteiger partial charge is 0.465 e. The van der Waals surface area contributed by atoms with E-state index in [0.717, 1.165) is 17.8 Å². The molecule has 3 N–H and O–H groups in total. The van der Waals surface area contributed by atoms with Gasteiger partial charge in [-0.15, -0.1) is 0 Å². The number of esters is 1. The number of carbonyl (C=O) groups excluding carboxylic acids is 1. The minimum atomic E-state index is -0.379. The third-order valence-corrected chi connectivity index (χ3v) is 2.89. The van der Waals surface area contributed by atoms with Crippen LogP contribution in [-0.4, -0.2) is 29.4 Å². The lowest BCUT2D eigenvalue weighted by Gasteiger charge is -2.10. The van der Waals surface area contributed by atoms with E-state index in [-0.39, 0.29) is 5.97 Å². The summed E-state index contributed by atoms with van der Waals surface area (Å²) in [5.41, 5.74) is 8.78. The topological polar surface area (TPSA) is 82.2 Å². The van der Waals surface area contributed by atoms with Crippen molar-refractivity contribution in [3.05, 3.63) is 41.7 Å². The highest BCUT2D eigenvalue weighted by Crippen LogP contribution is 2.20. The molecule has 0 atom stereocenters. The zero-order chi connectivity index (χ0) is 14.5. The standard InChI is InChI=1S/C14H18N4O2/c1-10-8-17-18(9-10)6-5-16-13-7-11(14(19)20-2)3-4-12(13)15/h3-4,7-9,16H,5-6,15H2,1-2H3. The monoisotopic (exact) mass is 274 g/mol. The van der Waals surface area contributed by atoms with Crippen LogP contribution in [0, 0.1) is 6.92 Å². The van der Waals surface area contributed by atoms with Crippen molar-refractivity contribution < 1.29 is 9.53 Å². The number of rotatable bonds is 5. The number of nitrogens with one attached hydrogen (secondary N) is 1. The van der Waals surface area contributed by atoms with Crippen LogP contribution in [0.1, 0.15) is 15.9 Å². The Morgan fingerprint density at radius 2 is 2.30 bits per heavy atom. The maximum atomic E-state index is 11.5. The number of hydrogen-bond donors (Lipinski definition) is 2. The summed E-state index contributed by atoms with van der Waals surface area (Å²) in [6, 6.07) is 5.02. The van der Waals surface area contributed by atoms with E-state index in [2.05, 4.69) is 15.2 Å². The van der Waals surface area contributed by atoms with Gasteiger partial charge in [-0.05, 0) is 30.7 Å². The van der Waals surface area contributed by atoms with Gasteiger partial charge in [0.15, 0.2) is 0 Å². The lowest BCUT2D eigenvalue weighted by molar-refractivity contribution is 0.0601. The molecule has 0 spiro atoms. The van der Waals surface area contributed by atoms with Crippen LogP contribution in [0.4, 0.5) is 11.4 Å². The van der Waals surface area contributed by atoms with Crippen LogP contribution in [0.25, 0.3) is 0 Å². The lowest BCUT2D eigenvalue weighted by Crippen LogP contribution is -2.12. The van der Waals surface area contributed by atoms with Crippen LogP contribution in [0.2, 0.25) is 0 Å². The predicted molar refractivity (Wildman–Crippen MR) is 77.6 cm³/mol. The first-order valence-corrected chi connectivity index (χ1v) is 6.31. The van der Waals surface area contributed by atoms with Gasteiger partial charge in [-0.2, -0.15) is 5.10 Å². The van der Waals surface area contributed by atoms with E-state index in [1.54, 1.807) is 18.2 Å². The van der Waals surface area contributed by atoms with Crippen LogP contribution in [0.5, 0.6) is 0 Å². The number of nitrogens with zero attached hydrogens (tertiary/aromatic N) is 2. The molecular formula is C14H18N4O2. The molecule has 0 unspecified atom stereocenters. The van der Waals surface area contributed by atoms with E-state index in [0.29, 0.717) is 17.8 Å². The van der Waals surface area contributed by atoms with Crippen molar-refractivity contribution in [2.75, 3.05) is 24.7 Å². The smallest absolute Gasteiger partial charge is 0.337 e. The van der Waals surface area contributed by atoms with E-state index in [1.165, 1.54) is 7.11 Å². The molecule has 20 heavy (non-hydrogen) atoms.